The van der Waals surface area contributed by atoms with Crippen LogP contribution in [0.15, 0.2) is 30.3 Å². The van der Waals surface area contributed by atoms with Crippen LogP contribution in [0.4, 0.5) is 0 Å². The van der Waals surface area contributed by atoms with Crippen molar-refractivity contribution in [1.82, 2.24) is 0 Å². The fourth-order valence-electron chi connectivity index (χ4n) is 1.81. The fraction of sp³-hybridized carbons (Fsp3) is 0.143. The first-order valence-electron chi connectivity index (χ1n) is 5.44. The minimum atomic E-state index is -0.933. The molecule has 1 heterocycles. The first-order valence-corrected chi connectivity index (χ1v) is 6.26. The second kappa shape index (κ2) is 4.74. The lowest BCUT2D eigenvalue weighted by molar-refractivity contribution is 0.0696. The Bertz CT molecular complexity index is 626. The Morgan fingerprint density at radius 1 is 1.17 bits per heavy atom. The maximum atomic E-state index is 11.3. The number of carbonyl (C=O) groups excluding carboxylic acids is 1. The van der Waals surface area contributed by atoms with E-state index in [0.29, 0.717) is 10.4 Å². The van der Waals surface area contributed by atoms with Gasteiger partial charge in [-0.2, -0.15) is 0 Å². The minimum absolute atomic E-state index is 0.0262. The van der Waals surface area contributed by atoms with E-state index in [1.165, 1.54) is 18.3 Å². The van der Waals surface area contributed by atoms with Crippen LogP contribution in [-0.2, 0) is 0 Å². The lowest BCUT2D eigenvalue weighted by Crippen LogP contribution is -2.00. The second-order valence-corrected chi connectivity index (χ2v) is 5.09. The Kier molecular flexibility index (Phi) is 3.30. The van der Waals surface area contributed by atoms with Gasteiger partial charge < -0.3 is 5.11 Å². The van der Waals surface area contributed by atoms with Gasteiger partial charge in [0.05, 0.1) is 10.4 Å². The van der Waals surface area contributed by atoms with Gasteiger partial charge in [0, 0.05) is 4.88 Å². The molecular formula is C14H12O3S. The van der Waals surface area contributed by atoms with Gasteiger partial charge in [-0.15, -0.1) is 11.3 Å². The number of carbonyl (C=O) groups is 2. The SMILES string of the molecule is CC(=O)c1ccc(-c2cccc(C(=O)O)c2C)s1. The molecule has 1 aromatic heterocycles. The molecule has 18 heavy (non-hydrogen) atoms. The summed E-state index contributed by atoms with van der Waals surface area (Å²) in [6.07, 6.45) is 0. The number of ketones is 1. The molecular weight excluding hydrogens is 248 g/mol. The Labute approximate surface area is 109 Å². The van der Waals surface area contributed by atoms with E-state index in [9.17, 15) is 9.59 Å². The van der Waals surface area contributed by atoms with Gasteiger partial charge in [0.1, 0.15) is 0 Å². The van der Waals surface area contributed by atoms with Crippen molar-refractivity contribution in [2.75, 3.05) is 0 Å². The summed E-state index contributed by atoms with van der Waals surface area (Å²) in [6, 6.07) is 8.81. The van der Waals surface area contributed by atoms with Crippen molar-refractivity contribution in [2.24, 2.45) is 0 Å². The second-order valence-electron chi connectivity index (χ2n) is 4.00. The van der Waals surface area contributed by atoms with Gasteiger partial charge in [-0.05, 0) is 43.2 Å². The summed E-state index contributed by atoms with van der Waals surface area (Å²) >= 11 is 1.39. The zero-order valence-corrected chi connectivity index (χ0v) is 10.9. The number of hydrogen-bond donors (Lipinski definition) is 1. The first kappa shape index (κ1) is 12.5. The molecule has 0 aliphatic carbocycles. The van der Waals surface area contributed by atoms with E-state index < -0.39 is 5.97 Å². The van der Waals surface area contributed by atoms with Crippen LogP contribution in [0.25, 0.3) is 10.4 Å². The molecule has 2 rings (SSSR count). The van der Waals surface area contributed by atoms with Gasteiger partial charge in [-0.3, -0.25) is 4.79 Å². The standard InChI is InChI=1S/C14H12O3S/c1-8-10(4-3-5-11(8)14(16)17)13-7-6-12(18-13)9(2)15/h3-7H,1-2H3,(H,16,17). The fourth-order valence-corrected chi connectivity index (χ4v) is 2.79. The van der Waals surface area contributed by atoms with Crippen LogP contribution >= 0.6 is 11.3 Å². The van der Waals surface area contributed by atoms with E-state index in [1.54, 1.807) is 25.1 Å². The van der Waals surface area contributed by atoms with Crippen molar-refractivity contribution in [2.45, 2.75) is 13.8 Å². The molecule has 0 spiro atoms. The average molecular weight is 260 g/mol. The van der Waals surface area contributed by atoms with Crippen LogP contribution < -0.4 is 0 Å². The van der Waals surface area contributed by atoms with E-state index in [-0.39, 0.29) is 5.78 Å². The van der Waals surface area contributed by atoms with Crippen LogP contribution in [0, 0.1) is 6.92 Å². The average Bonchev–Trinajstić information content (AvgIpc) is 2.78. The summed E-state index contributed by atoms with van der Waals surface area (Å²) in [5, 5.41) is 9.08. The van der Waals surface area contributed by atoms with Gasteiger partial charge in [-0.1, -0.05) is 12.1 Å². The smallest absolute Gasteiger partial charge is 0.335 e. The lowest BCUT2D eigenvalue weighted by Gasteiger charge is -2.06. The highest BCUT2D eigenvalue weighted by Gasteiger charge is 2.13. The topological polar surface area (TPSA) is 54.4 Å². The molecule has 0 fully saturated rings. The number of Topliss-reactive ketones (excluding diaryl/α,β-unsaturated/α-hetero) is 1. The van der Waals surface area contributed by atoms with Gasteiger partial charge in [0.25, 0.3) is 0 Å². The monoisotopic (exact) mass is 260 g/mol. The van der Waals surface area contributed by atoms with E-state index in [2.05, 4.69) is 0 Å². The highest BCUT2D eigenvalue weighted by atomic mass is 32.1. The number of aromatic carboxylic acids is 1. The van der Waals surface area contributed by atoms with E-state index in [4.69, 9.17) is 5.11 Å². The van der Waals surface area contributed by atoms with E-state index >= 15 is 0 Å². The zero-order chi connectivity index (χ0) is 13.3. The van der Waals surface area contributed by atoms with Gasteiger partial charge in [-0.25, -0.2) is 4.79 Å². The van der Waals surface area contributed by atoms with Crippen molar-refractivity contribution in [1.29, 1.82) is 0 Å². The molecule has 0 saturated carbocycles. The molecule has 0 aliphatic heterocycles. The third kappa shape index (κ3) is 2.19. The number of carboxylic acid groups (broad SMARTS) is 1. The van der Waals surface area contributed by atoms with Gasteiger partial charge in [0.2, 0.25) is 0 Å². The molecule has 4 heteroatoms. The number of thiophene rings is 1. The molecule has 1 N–H and O–H groups in total. The van der Waals surface area contributed by atoms with Crippen molar-refractivity contribution in [3.63, 3.8) is 0 Å². The highest BCUT2D eigenvalue weighted by molar-refractivity contribution is 7.17. The summed E-state index contributed by atoms with van der Waals surface area (Å²) in [4.78, 5) is 23.9. The summed E-state index contributed by atoms with van der Waals surface area (Å²) in [7, 11) is 0. The largest absolute Gasteiger partial charge is 0.478 e. The molecule has 0 saturated heterocycles. The number of rotatable bonds is 3. The van der Waals surface area contributed by atoms with Crippen LogP contribution in [0.1, 0.15) is 32.5 Å². The molecule has 0 aliphatic rings. The predicted molar refractivity (Wildman–Crippen MR) is 71.5 cm³/mol. The zero-order valence-electron chi connectivity index (χ0n) is 10.1. The Hall–Kier alpha value is -1.94. The van der Waals surface area contributed by atoms with E-state index in [0.717, 1.165) is 16.0 Å². The van der Waals surface area contributed by atoms with Gasteiger partial charge in [0.15, 0.2) is 5.78 Å². The molecule has 0 amide bonds. The maximum Gasteiger partial charge on any atom is 0.335 e. The number of benzene rings is 1. The first-order chi connectivity index (χ1) is 8.50. The molecule has 0 bridgehead atoms. The molecule has 0 unspecified atom stereocenters. The number of hydrogen-bond acceptors (Lipinski definition) is 3. The highest BCUT2D eigenvalue weighted by Crippen LogP contribution is 2.32. The summed E-state index contributed by atoms with van der Waals surface area (Å²) in [5.74, 6) is -0.906. The molecule has 92 valence electrons. The quantitative estimate of drug-likeness (QED) is 0.857. The molecule has 1 aromatic carbocycles. The minimum Gasteiger partial charge on any atom is -0.478 e. The Balaban J connectivity index is 2.53. The van der Waals surface area contributed by atoms with Crippen molar-refractivity contribution in [3.05, 3.63) is 46.3 Å². The maximum absolute atomic E-state index is 11.3. The predicted octanol–water partition coefficient (Wildman–Crippen LogP) is 3.62. The Morgan fingerprint density at radius 3 is 2.44 bits per heavy atom. The lowest BCUT2D eigenvalue weighted by atomic mass is 10.0. The Morgan fingerprint density at radius 2 is 1.89 bits per heavy atom. The third-order valence-corrected chi connectivity index (χ3v) is 4.00. The van der Waals surface area contributed by atoms with Crippen LogP contribution in [-0.4, -0.2) is 16.9 Å². The molecule has 2 aromatic rings. The molecule has 0 atom stereocenters. The molecule has 0 radical (unpaired) electrons. The molecule has 3 nitrogen and oxygen atoms in total. The van der Waals surface area contributed by atoms with Crippen molar-refractivity contribution >= 4 is 23.1 Å². The van der Waals surface area contributed by atoms with Crippen molar-refractivity contribution in [3.8, 4) is 10.4 Å². The number of carboxylic acids is 1. The van der Waals surface area contributed by atoms with Gasteiger partial charge >= 0.3 is 5.97 Å². The van der Waals surface area contributed by atoms with Crippen LogP contribution in [0.5, 0.6) is 0 Å². The van der Waals surface area contributed by atoms with E-state index in [1.807, 2.05) is 12.1 Å². The van der Waals surface area contributed by atoms with Crippen molar-refractivity contribution < 1.29 is 14.7 Å². The summed E-state index contributed by atoms with van der Waals surface area (Å²) in [6.45, 7) is 3.31. The van der Waals surface area contributed by atoms with Crippen LogP contribution in [0.3, 0.4) is 0 Å². The normalized spacial score (nSPS) is 10.3. The van der Waals surface area contributed by atoms with Crippen LogP contribution in [0.2, 0.25) is 0 Å². The summed E-state index contributed by atoms with van der Waals surface area (Å²) < 4.78 is 0. The third-order valence-electron chi connectivity index (χ3n) is 2.78. The summed E-state index contributed by atoms with van der Waals surface area (Å²) in [5.41, 5.74) is 1.89.